The molecule has 0 spiro atoms. The molecule has 0 bridgehead atoms. The van der Waals surface area contributed by atoms with E-state index in [2.05, 4.69) is 16.4 Å². The minimum atomic E-state index is -1.00. The topological polar surface area (TPSA) is 86.0 Å². The van der Waals surface area contributed by atoms with E-state index in [1.54, 1.807) is 12.1 Å². The molecule has 5 heteroatoms. The van der Waals surface area contributed by atoms with Crippen molar-refractivity contribution in [3.63, 3.8) is 0 Å². The van der Waals surface area contributed by atoms with Gasteiger partial charge in [-0.05, 0) is 37.1 Å². The van der Waals surface area contributed by atoms with Crippen LogP contribution in [0, 0.1) is 18.3 Å². The summed E-state index contributed by atoms with van der Waals surface area (Å²) in [5, 5.41) is 21.4. The van der Waals surface area contributed by atoms with Crippen molar-refractivity contribution in [3.8, 4) is 6.07 Å². The molecule has 0 radical (unpaired) electrons. The summed E-state index contributed by atoms with van der Waals surface area (Å²) in [6.45, 7) is 3.76. The minimum absolute atomic E-state index is 0.176. The Morgan fingerprint density at radius 1 is 1.43 bits per heavy atom. The number of nitrogens with zero attached hydrogens (tertiary/aromatic N) is 2. The van der Waals surface area contributed by atoms with Gasteiger partial charge >= 0.3 is 5.97 Å². The number of carboxylic acids is 1. The molecule has 0 amide bonds. The number of hydrogen-bond acceptors (Lipinski definition) is 4. The quantitative estimate of drug-likeness (QED) is 0.898. The SMILES string of the molecule is CCc1cc(C(=O)O)cc(Nc2cccc(C)c2C#N)n1. The molecule has 1 aromatic carbocycles. The van der Waals surface area contributed by atoms with Crippen LogP contribution >= 0.6 is 0 Å². The van der Waals surface area contributed by atoms with Gasteiger partial charge in [-0.2, -0.15) is 5.26 Å². The van der Waals surface area contributed by atoms with Gasteiger partial charge in [0.1, 0.15) is 11.9 Å². The van der Waals surface area contributed by atoms with E-state index in [0.717, 1.165) is 5.56 Å². The summed E-state index contributed by atoms with van der Waals surface area (Å²) in [4.78, 5) is 15.5. The van der Waals surface area contributed by atoms with Crippen LogP contribution in [0.2, 0.25) is 0 Å². The smallest absolute Gasteiger partial charge is 0.335 e. The summed E-state index contributed by atoms with van der Waals surface area (Å²) >= 11 is 0. The van der Waals surface area contributed by atoms with Crippen LogP contribution in [0.3, 0.4) is 0 Å². The van der Waals surface area contributed by atoms with Crippen LogP contribution in [0.25, 0.3) is 0 Å². The first-order chi connectivity index (χ1) is 10.0. The second-order valence-electron chi connectivity index (χ2n) is 4.63. The number of aromatic carboxylic acids is 1. The highest BCUT2D eigenvalue weighted by Crippen LogP contribution is 2.23. The Kier molecular flexibility index (Phi) is 4.19. The maximum atomic E-state index is 11.1. The first kappa shape index (κ1) is 14.5. The average Bonchev–Trinajstić information content (AvgIpc) is 2.47. The Morgan fingerprint density at radius 3 is 2.81 bits per heavy atom. The van der Waals surface area contributed by atoms with E-state index in [4.69, 9.17) is 5.11 Å². The van der Waals surface area contributed by atoms with Gasteiger partial charge in [-0.25, -0.2) is 9.78 Å². The second kappa shape index (κ2) is 6.06. The Balaban J connectivity index is 2.45. The molecule has 1 heterocycles. The van der Waals surface area contributed by atoms with Crippen LogP contribution in [-0.4, -0.2) is 16.1 Å². The lowest BCUT2D eigenvalue weighted by atomic mass is 10.1. The molecule has 2 aromatic rings. The first-order valence-electron chi connectivity index (χ1n) is 6.56. The standard InChI is InChI=1S/C16H15N3O2/c1-3-12-7-11(16(20)21)8-15(18-12)19-14-6-4-5-10(2)13(14)9-17/h4-8H,3H2,1-2H3,(H,18,19)(H,20,21). The van der Waals surface area contributed by atoms with Gasteiger partial charge < -0.3 is 10.4 Å². The molecule has 5 nitrogen and oxygen atoms in total. The second-order valence-corrected chi connectivity index (χ2v) is 4.63. The number of aromatic nitrogens is 1. The third kappa shape index (κ3) is 3.18. The molecule has 0 aliphatic carbocycles. The first-order valence-corrected chi connectivity index (χ1v) is 6.56. The van der Waals surface area contributed by atoms with Crippen LogP contribution in [0.15, 0.2) is 30.3 Å². The number of hydrogen-bond donors (Lipinski definition) is 2. The van der Waals surface area contributed by atoms with E-state index in [1.165, 1.54) is 6.07 Å². The third-order valence-corrected chi connectivity index (χ3v) is 3.13. The molecular formula is C16H15N3O2. The van der Waals surface area contributed by atoms with Gasteiger partial charge in [0.25, 0.3) is 0 Å². The maximum absolute atomic E-state index is 11.1. The van der Waals surface area contributed by atoms with Crippen LogP contribution in [0.1, 0.15) is 34.1 Å². The zero-order valence-electron chi connectivity index (χ0n) is 11.8. The number of carbonyl (C=O) groups is 1. The normalized spacial score (nSPS) is 9.95. The van der Waals surface area contributed by atoms with Crippen LogP contribution in [0.5, 0.6) is 0 Å². The predicted molar refractivity (Wildman–Crippen MR) is 79.8 cm³/mol. The monoisotopic (exact) mass is 281 g/mol. The number of benzene rings is 1. The molecule has 2 N–H and O–H groups in total. The van der Waals surface area contributed by atoms with Gasteiger partial charge in [0.2, 0.25) is 0 Å². The fraction of sp³-hybridized carbons (Fsp3) is 0.188. The number of carboxylic acid groups (broad SMARTS) is 1. The molecule has 0 saturated carbocycles. The zero-order chi connectivity index (χ0) is 15.4. The van der Waals surface area contributed by atoms with E-state index in [-0.39, 0.29) is 5.56 Å². The van der Waals surface area contributed by atoms with E-state index in [9.17, 15) is 10.1 Å². The third-order valence-electron chi connectivity index (χ3n) is 3.13. The highest BCUT2D eigenvalue weighted by Gasteiger charge is 2.10. The number of nitrogens with one attached hydrogen (secondary N) is 1. The van der Waals surface area contributed by atoms with Gasteiger partial charge in [-0.3, -0.25) is 0 Å². The van der Waals surface area contributed by atoms with Crippen LogP contribution < -0.4 is 5.32 Å². The Labute approximate surface area is 122 Å². The Bertz CT molecular complexity index is 733. The van der Waals surface area contributed by atoms with Gasteiger partial charge in [-0.1, -0.05) is 19.1 Å². The number of anilines is 2. The summed E-state index contributed by atoms with van der Waals surface area (Å²) in [6, 6.07) is 10.6. The fourth-order valence-electron chi connectivity index (χ4n) is 2.01. The van der Waals surface area contributed by atoms with Gasteiger partial charge in [0.05, 0.1) is 16.8 Å². The van der Waals surface area contributed by atoms with Crippen LogP contribution in [-0.2, 0) is 6.42 Å². The lowest BCUT2D eigenvalue weighted by Gasteiger charge is -2.11. The highest BCUT2D eigenvalue weighted by molar-refractivity contribution is 5.89. The number of nitriles is 1. The lowest BCUT2D eigenvalue weighted by Crippen LogP contribution is -2.04. The van der Waals surface area contributed by atoms with Crippen molar-refractivity contribution in [1.29, 1.82) is 5.26 Å². The van der Waals surface area contributed by atoms with Crippen molar-refractivity contribution >= 4 is 17.5 Å². The molecule has 0 aliphatic rings. The molecule has 0 atom stereocenters. The number of pyridine rings is 1. The van der Waals surface area contributed by atoms with Crippen molar-refractivity contribution in [2.45, 2.75) is 20.3 Å². The van der Waals surface area contributed by atoms with Crippen molar-refractivity contribution < 1.29 is 9.90 Å². The lowest BCUT2D eigenvalue weighted by molar-refractivity contribution is 0.0696. The molecule has 1 aromatic heterocycles. The van der Waals surface area contributed by atoms with Crippen molar-refractivity contribution in [2.75, 3.05) is 5.32 Å². The van der Waals surface area contributed by atoms with E-state index in [0.29, 0.717) is 29.2 Å². The van der Waals surface area contributed by atoms with E-state index >= 15 is 0 Å². The minimum Gasteiger partial charge on any atom is -0.478 e. The molecule has 0 fully saturated rings. The molecule has 2 rings (SSSR count). The zero-order valence-corrected chi connectivity index (χ0v) is 11.8. The molecule has 0 saturated heterocycles. The van der Waals surface area contributed by atoms with Gasteiger partial charge in [0, 0.05) is 5.69 Å². The van der Waals surface area contributed by atoms with Crippen molar-refractivity contribution in [2.24, 2.45) is 0 Å². The summed E-state index contributed by atoms with van der Waals surface area (Å²) in [7, 11) is 0. The van der Waals surface area contributed by atoms with Crippen molar-refractivity contribution in [3.05, 3.63) is 52.7 Å². The molecular weight excluding hydrogens is 266 g/mol. The predicted octanol–water partition coefficient (Wildman–Crippen LogP) is 3.27. The molecule has 106 valence electrons. The van der Waals surface area contributed by atoms with E-state index in [1.807, 2.05) is 26.0 Å². The molecule has 0 unspecified atom stereocenters. The summed E-state index contributed by atoms with van der Waals surface area (Å²) in [5.74, 6) is -0.575. The molecule has 21 heavy (non-hydrogen) atoms. The van der Waals surface area contributed by atoms with Crippen molar-refractivity contribution in [1.82, 2.24) is 4.98 Å². The van der Waals surface area contributed by atoms with Gasteiger partial charge in [-0.15, -0.1) is 0 Å². The molecule has 0 aliphatic heterocycles. The van der Waals surface area contributed by atoms with E-state index < -0.39 is 5.97 Å². The largest absolute Gasteiger partial charge is 0.478 e. The summed E-state index contributed by atoms with van der Waals surface area (Å²) in [6.07, 6.45) is 0.634. The fourth-order valence-corrected chi connectivity index (χ4v) is 2.01. The summed E-state index contributed by atoms with van der Waals surface area (Å²) < 4.78 is 0. The summed E-state index contributed by atoms with van der Waals surface area (Å²) in [5.41, 5.74) is 2.86. The Hall–Kier alpha value is -2.87. The average molecular weight is 281 g/mol. The maximum Gasteiger partial charge on any atom is 0.335 e. The number of rotatable bonds is 4. The van der Waals surface area contributed by atoms with Gasteiger partial charge in [0.15, 0.2) is 0 Å². The van der Waals surface area contributed by atoms with Crippen LogP contribution in [0.4, 0.5) is 11.5 Å². The highest BCUT2D eigenvalue weighted by atomic mass is 16.4. The Morgan fingerprint density at radius 2 is 2.19 bits per heavy atom. The number of aryl methyl sites for hydroxylation is 2.